The largest absolute Gasteiger partial charge is 0.339 e. The molecule has 0 saturated carbocycles. The second-order valence-electron chi connectivity index (χ2n) is 3.99. The van der Waals surface area contributed by atoms with Gasteiger partial charge in [0.15, 0.2) is 0 Å². The van der Waals surface area contributed by atoms with Gasteiger partial charge in [0.1, 0.15) is 0 Å². The van der Waals surface area contributed by atoms with Gasteiger partial charge in [0, 0.05) is 0 Å². The van der Waals surface area contributed by atoms with Crippen LogP contribution in [-0.2, 0) is 10.0 Å². The molecule has 5 nitrogen and oxygen atoms in total. The Morgan fingerprint density at radius 3 is 2.35 bits per heavy atom. The van der Waals surface area contributed by atoms with E-state index in [1.54, 1.807) is 0 Å². The Hall–Kier alpha value is -1.42. The number of nitrogens with zero attached hydrogens (tertiary/aromatic N) is 1. The van der Waals surface area contributed by atoms with Crippen LogP contribution in [0.15, 0.2) is 29.2 Å². The van der Waals surface area contributed by atoms with Crippen LogP contribution in [0.25, 0.3) is 0 Å². The number of hydrogen-bond acceptors (Lipinski definition) is 3. The van der Waals surface area contributed by atoms with E-state index >= 15 is 0 Å². The summed E-state index contributed by atoms with van der Waals surface area (Å²) in [6.45, 7) is 1.11. The van der Waals surface area contributed by atoms with Gasteiger partial charge in [0.25, 0.3) is 0 Å². The fourth-order valence-corrected chi connectivity index (χ4v) is 2.26. The molecule has 0 aliphatic carbocycles. The molecule has 1 aromatic carbocycles. The standard InChI is InChI=1S/C11H15N3O2S/c1-14(2)8-7-13-17(15,16)11-5-3-10(9-12)4-6-11/h3-6,13H,7-8H2,1-2H3/p+1. The Bertz CT molecular complexity index is 501. The fraction of sp³-hybridized carbons (Fsp3) is 0.364. The molecular formula is C11H16N3O2S+. The highest BCUT2D eigenvalue weighted by atomic mass is 32.2. The Balaban J connectivity index is 2.73. The topological polar surface area (TPSA) is 74.4 Å². The van der Waals surface area contributed by atoms with Crippen LogP contribution in [0.2, 0.25) is 0 Å². The number of benzene rings is 1. The van der Waals surface area contributed by atoms with E-state index < -0.39 is 10.0 Å². The van der Waals surface area contributed by atoms with Crippen molar-refractivity contribution in [2.45, 2.75) is 4.90 Å². The maximum absolute atomic E-state index is 11.8. The summed E-state index contributed by atoms with van der Waals surface area (Å²) in [4.78, 5) is 1.36. The maximum atomic E-state index is 11.8. The smallest absolute Gasteiger partial charge is 0.240 e. The van der Waals surface area contributed by atoms with Gasteiger partial charge in [0.05, 0.1) is 43.7 Å². The summed E-state index contributed by atoms with van der Waals surface area (Å²) in [6, 6.07) is 7.80. The second kappa shape index (κ2) is 5.77. The van der Waals surface area contributed by atoms with Crippen molar-refractivity contribution in [3.8, 4) is 6.07 Å². The third-order valence-electron chi connectivity index (χ3n) is 2.21. The number of sulfonamides is 1. The van der Waals surface area contributed by atoms with Gasteiger partial charge in [-0.3, -0.25) is 0 Å². The molecule has 0 fully saturated rings. The molecule has 0 heterocycles. The van der Waals surface area contributed by atoms with Crippen LogP contribution in [0.3, 0.4) is 0 Å². The first-order valence-corrected chi connectivity index (χ1v) is 6.73. The van der Waals surface area contributed by atoms with Crippen molar-refractivity contribution in [2.75, 3.05) is 27.2 Å². The van der Waals surface area contributed by atoms with E-state index in [0.29, 0.717) is 12.1 Å². The quantitative estimate of drug-likeness (QED) is 0.706. The average molecular weight is 254 g/mol. The molecule has 1 aromatic rings. The Morgan fingerprint density at radius 1 is 1.29 bits per heavy atom. The summed E-state index contributed by atoms with van der Waals surface area (Å²) in [5.74, 6) is 0. The zero-order valence-corrected chi connectivity index (χ0v) is 10.7. The Morgan fingerprint density at radius 2 is 1.88 bits per heavy atom. The molecule has 0 unspecified atom stereocenters. The number of nitriles is 1. The first-order valence-electron chi connectivity index (χ1n) is 5.24. The lowest BCUT2D eigenvalue weighted by molar-refractivity contribution is -0.856. The van der Waals surface area contributed by atoms with Crippen LogP contribution < -0.4 is 9.62 Å². The summed E-state index contributed by atoms with van der Waals surface area (Å²) < 4.78 is 26.1. The van der Waals surface area contributed by atoms with Crippen LogP contribution in [0.5, 0.6) is 0 Å². The highest BCUT2D eigenvalue weighted by Gasteiger charge is 2.13. The predicted molar refractivity (Wildman–Crippen MR) is 64.0 cm³/mol. The summed E-state index contributed by atoms with van der Waals surface area (Å²) in [5.41, 5.74) is 0.446. The molecule has 17 heavy (non-hydrogen) atoms. The third kappa shape index (κ3) is 4.15. The van der Waals surface area contributed by atoms with E-state index in [-0.39, 0.29) is 4.90 Å². The van der Waals surface area contributed by atoms with Crippen LogP contribution >= 0.6 is 0 Å². The van der Waals surface area contributed by atoms with E-state index in [4.69, 9.17) is 5.26 Å². The lowest BCUT2D eigenvalue weighted by atomic mass is 10.2. The van der Waals surface area contributed by atoms with Crippen molar-refractivity contribution in [3.05, 3.63) is 29.8 Å². The lowest BCUT2D eigenvalue weighted by Crippen LogP contribution is -3.06. The van der Waals surface area contributed by atoms with E-state index in [0.717, 1.165) is 6.54 Å². The van der Waals surface area contributed by atoms with Crippen LogP contribution in [0.1, 0.15) is 5.56 Å². The zero-order valence-electron chi connectivity index (χ0n) is 9.90. The number of hydrogen-bond donors (Lipinski definition) is 2. The molecule has 0 bridgehead atoms. The molecule has 92 valence electrons. The molecule has 0 amide bonds. The lowest BCUT2D eigenvalue weighted by Gasteiger charge is -2.09. The molecule has 0 spiro atoms. The Kier molecular flexibility index (Phi) is 4.63. The summed E-state index contributed by atoms with van der Waals surface area (Å²) >= 11 is 0. The molecular weight excluding hydrogens is 238 g/mol. The van der Waals surface area contributed by atoms with E-state index in [9.17, 15) is 8.42 Å². The molecule has 2 N–H and O–H groups in total. The molecule has 0 aromatic heterocycles. The van der Waals surface area contributed by atoms with Crippen molar-refractivity contribution in [2.24, 2.45) is 0 Å². The molecule has 0 aliphatic heterocycles. The van der Waals surface area contributed by atoms with Gasteiger partial charge < -0.3 is 4.90 Å². The highest BCUT2D eigenvalue weighted by Crippen LogP contribution is 2.09. The van der Waals surface area contributed by atoms with E-state index in [2.05, 4.69) is 4.72 Å². The van der Waals surface area contributed by atoms with Crippen LogP contribution in [0.4, 0.5) is 0 Å². The van der Waals surface area contributed by atoms with Crippen LogP contribution in [-0.4, -0.2) is 35.6 Å². The summed E-state index contributed by atoms with van der Waals surface area (Å²) in [5, 5.41) is 8.62. The van der Waals surface area contributed by atoms with Gasteiger partial charge in [0.2, 0.25) is 10.0 Å². The summed E-state index contributed by atoms with van der Waals surface area (Å²) in [7, 11) is 0.455. The highest BCUT2D eigenvalue weighted by molar-refractivity contribution is 7.89. The van der Waals surface area contributed by atoms with E-state index in [1.165, 1.54) is 29.2 Å². The summed E-state index contributed by atoms with van der Waals surface area (Å²) in [6.07, 6.45) is 0. The monoisotopic (exact) mass is 254 g/mol. The number of quaternary nitrogens is 1. The van der Waals surface area contributed by atoms with Crippen molar-refractivity contribution >= 4 is 10.0 Å². The van der Waals surface area contributed by atoms with Crippen molar-refractivity contribution in [1.29, 1.82) is 5.26 Å². The van der Waals surface area contributed by atoms with Crippen molar-refractivity contribution in [1.82, 2.24) is 4.72 Å². The second-order valence-corrected chi connectivity index (χ2v) is 5.76. The number of nitrogens with one attached hydrogen (secondary N) is 2. The third-order valence-corrected chi connectivity index (χ3v) is 3.69. The average Bonchev–Trinajstić information content (AvgIpc) is 2.28. The fourth-order valence-electron chi connectivity index (χ4n) is 1.23. The molecule has 0 aliphatic rings. The normalized spacial score (nSPS) is 11.4. The van der Waals surface area contributed by atoms with Gasteiger partial charge in [-0.2, -0.15) is 5.26 Å². The van der Waals surface area contributed by atoms with Gasteiger partial charge in [-0.1, -0.05) is 0 Å². The van der Waals surface area contributed by atoms with E-state index in [1.807, 2.05) is 20.2 Å². The van der Waals surface area contributed by atoms with Gasteiger partial charge >= 0.3 is 0 Å². The molecule has 0 radical (unpaired) electrons. The SMILES string of the molecule is C[NH+](C)CCNS(=O)(=O)c1ccc(C#N)cc1. The molecule has 0 saturated heterocycles. The molecule has 6 heteroatoms. The number of likely N-dealkylation sites (N-methyl/N-ethyl adjacent to an activating group) is 1. The zero-order chi connectivity index (χ0) is 12.9. The minimum atomic E-state index is -3.45. The van der Waals surface area contributed by atoms with Gasteiger partial charge in [-0.05, 0) is 24.3 Å². The maximum Gasteiger partial charge on any atom is 0.240 e. The van der Waals surface area contributed by atoms with Crippen LogP contribution in [0, 0.1) is 11.3 Å². The van der Waals surface area contributed by atoms with Gasteiger partial charge in [-0.25, -0.2) is 13.1 Å². The van der Waals surface area contributed by atoms with Gasteiger partial charge in [-0.15, -0.1) is 0 Å². The predicted octanol–water partition coefficient (Wildman–Crippen LogP) is -1.02. The number of rotatable bonds is 5. The molecule has 1 rings (SSSR count). The first kappa shape index (κ1) is 13.6. The first-order chi connectivity index (χ1) is 7.95. The Labute approximate surface area is 102 Å². The molecule has 0 atom stereocenters. The minimum absolute atomic E-state index is 0.185. The van der Waals surface area contributed by atoms with Crippen molar-refractivity contribution < 1.29 is 13.3 Å². The van der Waals surface area contributed by atoms with Crippen molar-refractivity contribution in [3.63, 3.8) is 0 Å². The minimum Gasteiger partial charge on any atom is -0.339 e.